The summed E-state index contributed by atoms with van der Waals surface area (Å²) in [6, 6.07) is 4.61. The van der Waals surface area contributed by atoms with Crippen LogP contribution in [0.3, 0.4) is 0 Å². The molecule has 0 saturated carbocycles. The molecule has 5 rings (SSSR count). The molecular weight excluding hydrogens is 457 g/mol. The lowest BCUT2D eigenvalue weighted by molar-refractivity contribution is -0.128. The molecule has 4 heterocycles. The van der Waals surface area contributed by atoms with Crippen LogP contribution in [0.2, 0.25) is 5.02 Å². The van der Waals surface area contributed by atoms with Gasteiger partial charge in [-0.25, -0.2) is 27.8 Å². The average Bonchev–Trinajstić information content (AvgIpc) is 3.31. The van der Waals surface area contributed by atoms with Crippen molar-refractivity contribution in [3.63, 3.8) is 0 Å². The summed E-state index contributed by atoms with van der Waals surface area (Å²) in [7, 11) is 0. The van der Waals surface area contributed by atoms with Gasteiger partial charge in [-0.05, 0) is 30.5 Å². The molecule has 7 nitrogen and oxygen atoms in total. The van der Waals surface area contributed by atoms with Crippen molar-refractivity contribution < 1.29 is 18.0 Å². The van der Waals surface area contributed by atoms with Crippen LogP contribution in [0.1, 0.15) is 24.8 Å². The lowest BCUT2D eigenvalue weighted by atomic mass is 9.77. The molecule has 2 aliphatic heterocycles. The fourth-order valence-electron chi connectivity index (χ4n) is 4.79. The van der Waals surface area contributed by atoms with Gasteiger partial charge < -0.3 is 9.80 Å². The van der Waals surface area contributed by atoms with E-state index in [4.69, 9.17) is 11.6 Å². The second-order valence-corrected chi connectivity index (χ2v) is 9.22. The molecule has 1 aromatic carbocycles. The fraction of sp³-hybridized carbons (Fsp3) is 0.455. The van der Waals surface area contributed by atoms with Crippen LogP contribution in [0.15, 0.2) is 30.6 Å². The molecular formula is C22H22ClF3N6O. The predicted octanol–water partition coefficient (Wildman–Crippen LogP) is 3.90. The highest BCUT2D eigenvalue weighted by atomic mass is 35.5. The van der Waals surface area contributed by atoms with Crippen molar-refractivity contribution in [2.24, 2.45) is 5.41 Å². The van der Waals surface area contributed by atoms with Crippen LogP contribution < -0.4 is 4.90 Å². The molecule has 33 heavy (non-hydrogen) atoms. The third-order valence-corrected chi connectivity index (χ3v) is 6.86. The fourth-order valence-corrected chi connectivity index (χ4v) is 4.90. The second-order valence-electron chi connectivity index (χ2n) is 8.82. The largest absolute Gasteiger partial charge is 0.355 e. The molecule has 0 radical (unpaired) electrons. The summed E-state index contributed by atoms with van der Waals surface area (Å²) < 4.78 is 40.6. The van der Waals surface area contributed by atoms with Crippen LogP contribution in [0, 0.1) is 11.2 Å². The first-order chi connectivity index (χ1) is 15.8. The SMILES string of the molecule is O=C1CC2(CCN(c3cnc4cnn(CC(F)F)c4n3)CC2)CN1Cc1ccc(Cl)c(F)c1. The molecule has 0 aliphatic carbocycles. The van der Waals surface area contributed by atoms with Crippen molar-refractivity contribution in [2.75, 3.05) is 24.5 Å². The number of amides is 1. The topological polar surface area (TPSA) is 67.2 Å². The zero-order chi connectivity index (χ0) is 23.2. The summed E-state index contributed by atoms with van der Waals surface area (Å²) in [5.41, 5.74) is 1.39. The van der Waals surface area contributed by atoms with Gasteiger partial charge in [-0.3, -0.25) is 4.79 Å². The first kappa shape index (κ1) is 21.9. The molecule has 2 saturated heterocycles. The Kier molecular flexibility index (Phi) is 5.64. The van der Waals surface area contributed by atoms with E-state index in [9.17, 15) is 18.0 Å². The number of nitrogens with zero attached hydrogens (tertiary/aromatic N) is 6. The number of fused-ring (bicyclic) bond motifs is 1. The van der Waals surface area contributed by atoms with E-state index in [0.717, 1.165) is 12.8 Å². The number of anilines is 1. The van der Waals surface area contributed by atoms with E-state index >= 15 is 0 Å². The van der Waals surface area contributed by atoms with Gasteiger partial charge in [0.25, 0.3) is 6.43 Å². The van der Waals surface area contributed by atoms with Gasteiger partial charge in [0.15, 0.2) is 5.65 Å². The number of alkyl halides is 2. The van der Waals surface area contributed by atoms with Crippen molar-refractivity contribution in [2.45, 2.75) is 38.8 Å². The molecule has 2 fully saturated rings. The third kappa shape index (κ3) is 4.36. The Morgan fingerprint density at radius 2 is 1.97 bits per heavy atom. The lowest BCUT2D eigenvalue weighted by Crippen LogP contribution is -2.42. The molecule has 1 spiro atoms. The lowest BCUT2D eigenvalue weighted by Gasteiger charge is -2.39. The highest BCUT2D eigenvalue weighted by Gasteiger charge is 2.45. The Balaban J connectivity index is 1.26. The highest BCUT2D eigenvalue weighted by molar-refractivity contribution is 6.30. The van der Waals surface area contributed by atoms with E-state index in [-0.39, 0.29) is 16.3 Å². The second kappa shape index (κ2) is 8.48. The predicted molar refractivity (Wildman–Crippen MR) is 117 cm³/mol. The first-order valence-electron chi connectivity index (χ1n) is 10.8. The minimum atomic E-state index is -2.53. The number of hydrogen-bond acceptors (Lipinski definition) is 5. The number of aromatic nitrogens is 4. The summed E-state index contributed by atoms with van der Waals surface area (Å²) >= 11 is 5.76. The van der Waals surface area contributed by atoms with Gasteiger partial charge in [0.2, 0.25) is 5.91 Å². The van der Waals surface area contributed by atoms with Crippen molar-refractivity contribution in [1.82, 2.24) is 24.6 Å². The number of rotatable bonds is 5. The van der Waals surface area contributed by atoms with Gasteiger partial charge in [0, 0.05) is 38.0 Å². The Bertz CT molecular complexity index is 1190. The number of piperidine rings is 1. The van der Waals surface area contributed by atoms with Crippen LogP contribution >= 0.6 is 11.6 Å². The molecule has 0 N–H and O–H groups in total. The average molecular weight is 479 g/mol. The van der Waals surface area contributed by atoms with Gasteiger partial charge in [0.1, 0.15) is 23.7 Å². The Labute approximate surface area is 193 Å². The standard InChI is InChI=1S/C22H22ClF3N6O/c23-15-2-1-14(7-16(15)24)11-31-13-22(8-20(31)33)3-5-30(6-4-22)19-10-27-17-9-28-32(12-18(25)26)21(17)29-19/h1-2,7,9-10,18H,3-6,8,11-13H2. The Morgan fingerprint density at radius 3 is 2.70 bits per heavy atom. The smallest absolute Gasteiger partial charge is 0.258 e. The number of carbonyl (C=O) groups is 1. The number of benzene rings is 1. The van der Waals surface area contributed by atoms with Crippen LogP contribution in [-0.4, -0.2) is 56.6 Å². The van der Waals surface area contributed by atoms with E-state index in [1.54, 1.807) is 17.2 Å². The van der Waals surface area contributed by atoms with Gasteiger partial charge >= 0.3 is 0 Å². The summed E-state index contributed by atoms with van der Waals surface area (Å²) in [6.07, 6.45) is 2.59. The number of halogens is 4. The van der Waals surface area contributed by atoms with Crippen molar-refractivity contribution in [1.29, 1.82) is 0 Å². The number of likely N-dealkylation sites (tertiary alicyclic amines) is 1. The van der Waals surface area contributed by atoms with E-state index in [2.05, 4.69) is 20.0 Å². The third-order valence-electron chi connectivity index (χ3n) is 6.55. The van der Waals surface area contributed by atoms with Crippen molar-refractivity contribution in [3.05, 3.63) is 47.0 Å². The summed E-state index contributed by atoms with van der Waals surface area (Å²) in [6.45, 7) is 1.81. The van der Waals surface area contributed by atoms with Crippen molar-refractivity contribution in [3.8, 4) is 0 Å². The van der Waals surface area contributed by atoms with Crippen LogP contribution in [0.5, 0.6) is 0 Å². The normalized spacial score (nSPS) is 18.3. The molecule has 0 unspecified atom stereocenters. The Hall–Kier alpha value is -2.88. The molecule has 3 aromatic rings. The molecule has 1 amide bonds. The molecule has 0 bridgehead atoms. The maximum Gasteiger partial charge on any atom is 0.258 e. The summed E-state index contributed by atoms with van der Waals surface area (Å²) in [5.74, 6) is 0.193. The summed E-state index contributed by atoms with van der Waals surface area (Å²) in [4.78, 5) is 25.4. The number of carbonyl (C=O) groups excluding carboxylic acids is 1. The number of hydrogen-bond donors (Lipinski definition) is 0. The van der Waals surface area contributed by atoms with Crippen LogP contribution in [0.4, 0.5) is 19.0 Å². The molecule has 174 valence electrons. The molecule has 2 aromatic heterocycles. The van der Waals surface area contributed by atoms with E-state index in [1.807, 2.05) is 0 Å². The van der Waals surface area contributed by atoms with E-state index < -0.39 is 18.8 Å². The van der Waals surface area contributed by atoms with Crippen LogP contribution in [0.25, 0.3) is 11.2 Å². The van der Waals surface area contributed by atoms with Gasteiger partial charge in [-0.2, -0.15) is 5.10 Å². The molecule has 0 atom stereocenters. The highest BCUT2D eigenvalue weighted by Crippen LogP contribution is 2.42. The van der Waals surface area contributed by atoms with Crippen LogP contribution in [-0.2, 0) is 17.9 Å². The maximum atomic E-state index is 13.8. The minimum Gasteiger partial charge on any atom is -0.355 e. The van der Waals surface area contributed by atoms with E-state index in [0.29, 0.717) is 55.1 Å². The maximum absolute atomic E-state index is 13.8. The van der Waals surface area contributed by atoms with E-state index in [1.165, 1.54) is 23.0 Å². The molecule has 11 heteroatoms. The zero-order valence-electron chi connectivity index (χ0n) is 17.7. The quantitative estimate of drug-likeness (QED) is 0.556. The summed E-state index contributed by atoms with van der Waals surface area (Å²) in [5, 5.41) is 4.02. The van der Waals surface area contributed by atoms with Crippen molar-refractivity contribution >= 4 is 34.5 Å². The first-order valence-corrected chi connectivity index (χ1v) is 11.1. The monoisotopic (exact) mass is 478 g/mol. The molecule has 2 aliphatic rings. The zero-order valence-corrected chi connectivity index (χ0v) is 18.5. The van der Waals surface area contributed by atoms with Gasteiger partial charge in [-0.1, -0.05) is 17.7 Å². The van der Waals surface area contributed by atoms with Gasteiger partial charge in [0.05, 0.1) is 17.4 Å². The Morgan fingerprint density at radius 1 is 1.18 bits per heavy atom. The van der Waals surface area contributed by atoms with Gasteiger partial charge in [-0.15, -0.1) is 0 Å². The minimum absolute atomic E-state index is 0.0638.